The van der Waals surface area contributed by atoms with Gasteiger partial charge in [-0.15, -0.1) is 0 Å². The number of aliphatic hydroxyl groups excluding tert-OH is 1. The van der Waals surface area contributed by atoms with E-state index in [1.54, 1.807) is 10.9 Å². The number of hydrogen-bond donors (Lipinski definition) is 2. The molecule has 5 nitrogen and oxygen atoms in total. The van der Waals surface area contributed by atoms with Gasteiger partial charge < -0.3 is 10.4 Å². The summed E-state index contributed by atoms with van der Waals surface area (Å²) in [6.07, 6.45) is -0.589. The minimum Gasteiger partial charge on any atom is -0.391 e. The number of halogens is 4. The SMILES string of the molecule is O[C@@H]1CC(Cn2cccn2)C[C@H]1Nc1ccc(Cl)c(C(F)(F)F)n1. The largest absolute Gasteiger partial charge is 0.434 e. The van der Waals surface area contributed by atoms with Crippen LogP contribution in [0.5, 0.6) is 0 Å². The van der Waals surface area contributed by atoms with E-state index >= 15 is 0 Å². The highest BCUT2D eigenvalue weighted by Gasteiger charge is 2.37. The summed E-state index contributed by atoms with van der Waals surface area (Å²) in [4.78, 5) is 3.55. The van der Waals surface area contributed by atoms with Crippen LogP contribution in [0.2, 0.25) is 5.02 Å². The van der Waals surface area contributed by atoms with Crippen LogP contribution in [-0.4, -0.2) is 32.0 Å². The first kappa shape index (κ1) is 17.0. The first-order chi connectivity index (χ1) is 11.3. The summed E-state index contributed by atoms with van der Waals surface area (Å²) in [7, 11) is 0. The highest BCUT2D eigenvalue weighted by molar-refractivity contribution is 6.31. The summed E-state index contributed by atoms with van der Waals surface area (Å²) >= 11 is 5.56. The number of anilines is 1. The summed E-state index contributed by atoms with van der Waals surface area (Å²) in [6.45, 7) is 0.657. The Balaban J connectivity index is 1.68. The van der Waals surface area contributed by atoms with Crippen LogP contribution >= 0.6 is 11.6 Å². The van der Waals surface area contributed by atoms with Gasteiger partial charge in [0.25, 0.3) is 0 Å². The molecule has 0 aromatic carbocycles. The summed E-state index contributed by atoms with van der Waals surface area (Å²) in [5.74, 6) is 0.238. The van der Waals surface area contributed by atoms with Crippen LogP contribution in [0.15, 0.2) is 30.6 Å². The Labute approximate surface area is 141 Å². The first-order valence-electron chi connectivity index (χ1n) is 7.48. The Kier molecular flexibility index (Phi) is 4.69. The molecule has 1 aliphatic rings. The molecule has 3 atom stereocenters. The van der Waals surface area contributed by atoms with E-state index < -0.39 is 23.0 Å². The molecule has 0 radical (unpaired) electrons. The van der Waals surface area contributed by atoms with Gasteiger partial charge in [-0.05, 0) is 37.0 Å². The molecule has 0 amide bonds. The van der Waals surface area contributed by atoms with Gasteiger partial charge in [-0.1, -0.05) is 11.6 Å². The number of aliphatic hydroxyl groups is 1. The van der Waals surface area contributed by atoms with Crippen molar-refractivity contribution in [2.24, 2.45) is 5.92 Å². The molecular formula is C15H16ClF3N4O. The van der Waals surface area contributed by atoms with Gasteiger partial charge in [0, 0.05) is 18.9 Å². The fraction of sp³-hybridized carbons (Fsp3) is 0.467. The van der Waals surface area contributed by atoms with Gasteiger partial charge in [-0.25, -0.2) is 4.98 Å². The molecule has 1 aliphatic carbocycles. The molecule has 0 bridgehead atoms. The van der Waals surface area contributed by atoms with Crippen molar-refractivity contribution in [1.82, 2.24) is 14.8 Å². The van der Waals surface area contributed by atoms with Crippen molar-refractivity contribution in [3.8, 4) is 0 Å². The smallest absolute Gasteiger partial charge is 0.391 e. The van der Waals surface area contributed by atoms with Gasteiger partial charge in [0.1, 0.15) is 5.82 Å². The van der Waals surface area contributed by atoms with Crippen LogP contribution in [0.4, 0.5) is 19.0 Å². The molecule has 9 heteroatoms. The maximum absolute atomic E-state index is 12.9. The standard InChI is InChI=1S/C15H16ClF3N4O/c16-10-2-3-13(22-14(10)15(17,18)19)21-11-6-9(7-12(11)24)8-23-5-1-4-20-23/h1-5,9,11-12,24H,6-8H2,(H,21,22)/t9?,11-,12-/m1/s1. The third kappa shape index (κ3) is 3.81. The fourth-order valence-electron chi connectivity index (χ4n) is 3.01. The molecule has 2 heterocycles. The van der Waals surface area contributed by atoms with Crippen LogP contribution in [0, 0.1) is 5.92 Å². The van der Waals surface area contributed by atoms with E-state index in [4.69, 9.17) is 11.6 Å². The highest BCUT2D eigenvalue weighted by atomic mass is 35.5. The van der Waals surface area contributed by atoms with Crippen molar-refractivity contribution >= 4 is 17.4 Å². The summed E-state index contributed by atoms with van der Waals surface area (Å²) in [6, 6.07) is 3.99. The fourth-order valence-corrected chi connectivity index (χ4v) is 3.22. The third-order valence-electron chi connectivity index (χ3n) is 4.08. The summed E-state index contributed by atoms with van der Waals surface area (Å²) in [5, 5.41) is 16.7. The Morgan fingerprint density at radius 2 is 2.12 bits per heavy atom. The van der Waals surface area contributed by atoms with E-state index in [2.05, 4.69) is 15.4 Å². The molecule has 0 spiro atoms. The minimum atomic E-state index is -4.62. The summed E-state index contributed by atoms with van der Waals surface area (Å²) in [5.41, 5.74) is -1.13. The molecule has 2 aromatic heterocycles. The van der Waals surface area contributed by atoms with Gasteiger partial charge in [-0.3, -0.25) is 4.68 Å². The molecule has 0 aliphatic heterocycles. The highest BCUT2D eigenvalue weighted by Crippen LogP contribution is 2.35. The second-order valence-electron chi connectivity index (χ2n) is 5.91. The van der Waals surface area contributed by atoms with Gasteiger partial charge in [0.05, 0.1) is 17.2 Å². The van der Waals surface area contributed by atoms with Gasteiger partial charge in [-0.2, -0.15) is 18.3 Å². The number of nitrogens with zero attached hydrogens (tertiary/aromatic N) is 3. The van der Waals surface area contributed by atoms with Crippen LogP contribution in [0.1, 0.15) is 18.5 Å². The number of pyridine rings is 1. The van der Waals surface area contributed by atoms with Crippen molar-refractivity contribution in [3.05, 3.63) is 41.3 Å². The molecular weight excluding hydrogens is 345 g/mol. The molecule has 1 unspecified atom stereocenters. The third-order valence-corrected chi connectivity index (χ3v) is 4.38. The average molecular weight is 361 g/mol. The first-order valence-corrected chi connectivity index (χ1v) is 7.86. The predicted octanol–water partition coefficient (Wildman–Crippen LogP) is 3.20. The normalized spacial score (nSPS) is 24.3. The molecule has 0 saturated heterocycles. The summed E-state index contributed by atoms with van der Waals surface area (Å²) < 4.78 is 40.4. The second-order valence-corrected chi connectivity index (χ2v) is 6.32. The van der Waals surface area contributed by atoms with Crippen molar-refractivity contribution in [2.45, 2.75) is 37.7 Å². The minimum absolute atomic E-state index is 0.0514. The molecule has 24 heavy (non-hydrogen) atoms. The maximum Gasteiger partial charge on any atom is 0.434 e. The Bertz CT molecular complexity index is 693. The monoisotopic (exact) mass is 360 g/mol. The zero-order valence-corrected chi connectivity index (χ0v) is 13.3. The molecule has 3 rings (SSSR count). The van der Waals surface area contributed by atoms with E-state index in [9.17, 15) is 18.3 Å². The van der Waals surface area contributed by atoms with Crippen LogP contribution < -0.4 is 5.32 Å². The number of hydrogen-bond acceptors (Lipinski definition) is 4. The van der Waals surface area contributed by atoms with E-state index in [1.165, 1.54) is 6.07 Å². The van der Waals surface area contributed by atoms with Crippen molar-refractivity contribution in [2.75, 3.05) is 5.32 Å². The number of alkyl halides is 3. The van der Waals surface area contributed by atoms with E-state index in [0.717, 1.165) is 6.07 Å². The van der Waals surface area contributed by atoms with Crippen LogP contribution in [0.25, 0.3) is 0 Å². The Hall–Kier alpha value is -1.80. The lowest BCUT2D eigenvalue weighted by Gasteiger charge is -2.18. The molecule has 1 fully saturated rings. The lowest BCUT2D eigenvalue weighted by atomic mass is 10.1. The Morgan fingerprint density at radius 1 is 1.33 bits per heavy atom. The van der Waals surface area contributed by atoms with Crippen molar-refractivity contribution in [1.29, 1.82) is 0 Å². The van der Waals surface area contributed by atoms with E-state index in [0.29, 0.717) is 19.4 Å². The molecule has 2 aromatic rings. The zero-order chi connectivity index (χ0) is 17.3. The van der Waals surface area contributed by atoms with Crippen LogP contribution in [0.3, 0.4) is 0 Å². The van der Waals surface area contributed by atoms with E-state index in [1.807, 2.05) is 12.3 Å². The van der Waals surface area contributed by atoms with Crippen LogP contribution in [-0.2, 0) is 12.7 Å². The average Bonchev–Trinajstić information content (AvgIpc) is 3.11. The number of nitrogens with one attached hydrogen (secondary N) is 1. The number of rotatable bonds is 4. The zero-order valence-electron chi connectivity index (χ0n) is 12.5. The van der Waals surface area contributed by atoms with Gasteiger partial charge >= 0.3 is 6.18 Å². The number of aromatic nitrogens is 3. The predicted molar refractivity (Wildman–Crippen MR) is 82.6 cm³/mol. The molecule has 2 N–H and O–H groups in total. The van der Waals surface area contributed by atoms with Gasteiger partial charge in [0.15, 0.2) is 5.69 Å². The molecule has 1 saturated carbocycles. The van der Waals surface area contributed by atoms with E-state index in [-0.39, 0.29) is 17.8 Å². The lowest BCUT2D eigenvalue weighted by molar-refractivity contribution is -0.141. The Morgan fingerprint density at radius 3 is 2.79 bits per heavy atom. The van der Waals surface area contributed by atoms with Gasteiger partial charge in [0.2, 0.25) is 0 Å². The molecule has 130 valence electrons. The second kappa shape index (κ2) is 6.60. The van der Waals surface area contributed by atoms with Crippen molar-refractivity contribution in [3.63, 3.8) is 0 Å². The lowest BCUT2D eigenvalue weighted by Crippen LogP contribution is -2.28. The quantitative estimate of drug-likeness (QED) is 0.879. The maximum atomic E-state index is 12.9. The topological polar surface area (TPSA) is 63.0 Å². The van der Waals surface area contributed by atoms with Crippen molar-refractivity contribution < 1.29 is 18.3 Å².